The number of methoxy groups -OCH3 is 2. The number of nitrogens with zero attached hydrogens (tertiary/aromatic N) is 2. The number of ether oxygens (including phenoxy) is 2. The lowest BCUT2D eigenvalue weighted by Gasteiger charge is -2.15. The summed E-state index contributed by atoms with van der Waals surface area (Å²) in [6, 6.07) is 16.6. The maximum Gasteiger partial charge on any atom is 0.266 e. The molecule has 0 aliphatic heterocycles. The van der Waals surface area contributed by atoms with Crippen LogP contribution in [-0.4, -0.2) is 23.8 Å². The standard InChI is InChI=1S/C21H17ClN2O3S2/c1-26-17-9-7-13(11-18(17)27-2)24-20(25)15-5-3-4-6-16(15)23-21(24)28-12-14-8-10-19(22)29-14/h3-11H,12H2,1-2H3. The highest BCUT2D eigenvalue weighted by molar-refractivity contribution is 7.98. The molecule has 0 N–H and O–H groups in total. The van der Waals surface area contributed by atoms with Gasteiger partial charge < -0.3 is 9.47 Å². The largest absolute Gasteiger partial charge is 0.493 e. The van der Waals surface area contributed by atoms with Gasteiger partial charge in [-0.25, -0.2) is 4.98 Å². The molecule has 2 aromatic carbocycles. The van der Waals surface area contributed by atoms with Crippen molar-refractivity contribution in [2.45, 2.75) is 10.9 Å². The van der Waals surface area contributed by atoms with Crippen molar-refractivity contribution >= 4 is 45.6 Å². The lowest BCUT2D eigenvalue weighted by molar-refractivity contribution is 0.354. The van der Waals surface area contributed by atoms with Crippen LogP contribution in [0.3, 0.4) is 0 Å². The van der Waals surface area contributed by atoms with Gasteiger partial charge in [-0.05, 0) is 36.4 Å². The molecule has 0 bridgehead atoms. The van der Waals surface area contributed by atoms with Crippen LogP contribution in [0.1, 0.15) is 4.88 Å². The third kappa shape index (κ3) is 3.99. The van der Waals surface area contributed by atoms with Crippen molar-refractivity contribution < 1.29 is 9.47 Å². The first-order chi connectivity index (χ1) is 14.1. The molecule has 5 nitrogen and oxygen atoms in total. The maximum absolute atomic E-state index is 13.3. The quantitative estimate of drug-likeness (QED) is 0.294. The van der Waals surface area contributed by atoms with Crippen LogP contribution in [0.2, 0.25) is 4.34 Å². The van der Waals surface area contributed by atoms with Crippen LogP contribution in [0.5, 0.6) is 11.5 Å². The second-order valence-electron chi connectivity index (χ2n) is 6.09. The summed E-state index contributed by atoms with van der Waals surface area (Å²) in [7, 11) is 3.15. The van der Waals surface area contributed by atoms with Gasteiger partial charge in [0.05, 0.1) is 35.1 Å². The molecular formula is C21H17ClN2O3S2. The zero-order valence-corrected chi connectivity index (χ0v) is 18.1. The Morgan fingerprint density at radius 2 is 1.86 bits per heavy atom. The third-order valence-corrected chi connectivity index (χ3v) is 6.74. The minimum Gasteiger partial charge on any atom is -0.493 e. The number of rotatable bonds is 6. The Labute approximate surface area is 180 Å². The van der Waals surface area contributed by atoms with Crippen LogP contribution >= 0.6 is 34.7 Å². The molecule has 2 heterocycles. The SMILES string of the molecule is COc1ccc(-n2c(SCc3ccc(Cl)s3)nc3ccccc3c2=O)cc1OC. The summed E-state index contributed by atoms with van der Waals surface area (Å²) in [6.45, 7) is 0. The second-order valence-corrected chi connectivity index (χ2v) is 8.83. The highest BCUT2D eigenvalue weighted by atomic mass is 35.5. The average Bonchev–Trinajstić information content (AvgIpc) is 3.17. The molecule has 148 valence electrons. The third-order valence-electron chi connectivity index (χ3n) is 4.34. The molecule has 8 heteroatoms. The normalized spacial score (nSPS) is 11.0. The predicted octanol–water partition coefficient (Wildman–Crippen LogP) is 5.41. The number of hydrogen-bond donors (Lipinski definition) is 0. The zero-order chi connectivity index (χ0) is 20.4. The van der Waals surface area contributed by atoms with Crippen molar-refractivity contribution in [3.05, 3.63) is 74.2 Å². The van der Waals surface area contributed by atoms with Gasteiger partial charge in [0, 0.05) is 16.7 Å². The Morgan fingerprint density at radius 1 is 1.07 bits per heavy atom. The molecule has 0 atom stereocenters. The maximum atomic E-state index is 13.3. The molecule has 0 fully saturated rings. The molecule has 0 saturated heterocycles. The summed E-state index contributed by atoms with van der Waals surface area (Å²) in [6.07, 6.45) is 0. The number of halogens is 1. The first-order valence-corrected chi connectivity index (χ1v) is 10.9. The van der Waals surface area contributed by atoms with E-state index in [0.29, 0.717) is 39.0 Å². The summed E-state index contributed by atoms with van der Waals surface area (Å²) in [5.74, 6) is 1.81. The first-order valence-electron chi connectivity index (χ1n) is 8.72. The van der Waals surface area contributed by atoms with Crippen molar-refractivity contribution in [1.82, 2.24) is 9.55 Å². The van der Waals surface area contributed by atoms with Crippen molar-refractivity contribution in [2.24, 2.45) is 0 Å². The van der Waals surface area contributed by atoms with E-state index in [4.69, 9.17) is 26.1 Å². The topological polar surface area (TPSA) is 53.4 Å². The van der Waals surface area contributed by atoms with E-state index in [0.717, 1.165) is 9.21 Å². The molecular weight excluding hydrogens is 428 g/mol. The van der Waals surface area contributed by atoms with E-state index in [2.05, 4.69) is 0 Å². The van der Waals surface area contributed by atoms with E-state index in [1.807, 2.05) is 36.4 Å². The van der Waals surface area contributed by atoms with Gasteiger partial charge in [-0.15, -0.1) is 11.3 Å². The molecule has 0 aliphatic carbocycles. The lowest BCUT2D eigenvalue weighted by Crippen LogP contribution is -2.21. The summed E-state index contributed by atoms with van der Waals surface area (Å²) < 4.78 is 13.1. The number of thiophene rings is 1. The molecule has 0 spiro atoms. The first kappa shape index (κ1) is 19.8. The average molecular weight is 445 g/mol. The Kier molecular flexibility index (Phi) is 5.80. The predicted molar refractivity (Wildman–Crippen MR) is 119 cm³/mol. The van der Waals surface area contributed by atoms with Crippen LogP contribution in [0.25, 0.3) is 16.6 Å². The Hall–Kier alpha value is -2.48. The highest BCUT2D eigenvalue weighted by Crippen LogP contribution is 2.32. The highest BCUT2D eigenvalue weighted by Gasteiger charge is 2.16. The van der Waals surface area contributed by atoms with Gasteiger partial charge >= 0.3 is 0 Å². The van der Waals surface area contributed by atoms with Gasteiger partial charge in [-0.1, -0.05) is 35.5 Å². The fourth-order valence-corrected chi connectivity index (χ4v) is 5.11. The van der Waals surface area contributed by atoms with Gasteiger partial charge in [-0.2, -0.15) is 0 Å². The van der Waals surface area contributed by atoms with Crippen LogP contribution in [0.15, 0.2) is 64.5 Å². The number of thioether (sulfide) groups is 1. The minimum atomic E-state index is -0.130. The molecule has 0 radical (unpaired) electrons. The summed E-state index contributed by atoms with van der Waals surface area (Å²) in [4.78, 5) is 19.2. The van der Waals surface area contributed by atoms with E-state index in [-0.39, 0.29) is 5.56 Å². The van der Waals surface area contributed by atoms with Crippen molar-refractivity contribution in [2.75, 3.05) is 14.2 Å². The number of hydrogen-bond acceptors (Lipinski definition) is 6. The molecule has 0 unspecified atom stereocenters. The van der Waals surface area contributed by atoms with Crippen LogP contribution in [-0.2, 0) is 5.75 Å². The number of benzene rings is 2. The van der Waals surface area contributed by atoms with E-state index >= 15 is 0 Å². The lowest BCUT2D eigenvalue weighted by atomic mass is 10.2. The van der Waals surface area contributed by atoms with Crippen LogP contribution < -0.4 is 15.0 Å². The molecule has 29 heavy (non-hydrogen) atoms. The molecule has 0 aliphatic rings. The molecule has 4 rings (SSSR count). The Balaban J connectivity index is 1.86. The molecule has 0 amide bonds. The smallest absolute Gasteiger partial charge is 0.266 e. The molecule has 4 aromatic rings. The van der Waals surface area contributed by atoms with Gasteiger partial charge in [0.15, 0.2) is 16.7 Å². The Bertz CT molecular complexity index is 1240. The Morgan fingerprint density at radius 3 is 2.59 bits per heavy atom. The van der Waals surface area contributed by atoms with Gasteiger partial charge in [-0.3, -0.25) is 9.36 Å². The van der Waals surface area contributed by atoms with E-state index < -0.39 is 0 Å². The van der Waals surface area contributed by atoms with E-state index in [9.17, 15) is 4.79 Å². The fraction of sp³-hybridized carbons (Fsp3) is 0.143. The van der Waals surface area contributed by atoms with Crippen molar-refractivity contribution in [3.8, 4) is 17.2 Å². The minimum absolute atomic E-state index is 0.130. The van der Waals surface area contributed by atoms with Crippen LogP contribution in [0.4, 0.5) is 0 Å². The monoisotopic (exact) mass is 444 g/mol. The number of para-hydroxylation sites is 1. The summed E-state index contributed by atoms with van der Waals surface area (Å²) in [5.41, 5.74) is 1.20. The number of fused-ring (bicyclic) bond motifs is 1. The van der Waals surface area contributed by atoms with E-state index in [1.165, 1.54) is 23.1 Å². The van der Waals surface area contributed by atoms with Gasteiger partial charge in [0.2, 0.25) is 0 Å². The van der Waals surface area contributed by atoms with Crippen molar-refractivity contribution in [1.29, 1.82) is 0 Å². The van der Waals surface area contributed by atoms with Crippen LogP contribution in [0, 0.1) is 0 Å². The van der Waals surface area contributed by atoms with Crippen molar-refractivity contribution in [3.63, 3.8) is 0 Å². The summed E-state index contributed by atoms with van der Waals surface area (Å²) in [5, 5.41) is 1.16. The second kappa shape index (κ2) is 8.49. The number of aromatic nitrogens is 2. The fourth-order valence-electron chi connectivity index (χ4n) is 2.97. The van der Waals surface area contributed by atoms with Gasteiger partial charge in [0.1, 0.15) is 0 Å². The van der Waals surface area contributed by atoms with E-state index in [1.54, 1.807) is 37.0 Å². The van der Waals surface area contributed by atoms with Gasteiger partial charge in [0.25, 0.3) is 5.56 Å². The summed E-state index contributed by atoms with van der Waals surface area (Å²) >= 11 is 9.06. The zero-order valence-electron chi connectivity index (χ0n) is 15.7. The molecule has 2 aromatic heterocycles. The molecule has 0 saturated carbocycles.